The fourth-order valence-electron chi connectivity index (χ4n) is 1.01. The molecule has 0 aliphatic heterocycles. The fraction of sp³-hybridized carbons (Fsp3) is 0.400. The lowest BCUT2D eigenvalue weighted by Gasteiger charge is -2.04. The topological polar surface area (TPSA) is 36.9 Å². The molecule has 0 fully saturated rings. The zero-order valence-electron chi connectivity index (χ0n) is 7.55. The minimum atomic E-state index is 0.792. The molecular formula is C10H16NO+. The van der Waals surface area contributed by atoms with Crippen LogP contribution < -0.4 is 10.5 Å². The third-order valence-electron chi connectivity index (χ3n) is 1.66. The first-order valence-electron chi connectivity index (χ1n) is 4.37. The molecule has 0 saturated carbocycles. The maximum Gasteiger partial charge on any atom is 0.119 e. The molecule has 1 aromatic carbocycles. The predicted octanol–water partition coefficient (Wildman–Crippen LogP) is 1.22. The van der Waals surface area contributed by atoms with Gasteiger partial charge in [0.1, 0.15) is 5.75 Å². The molecule has 3 N–H and O–H groups in total. The van der Waals surface area contributed by atoms with Crippen LogP contribution in [0.4, 0.5) is 0 Å². The molecule has 0 aliphatic rings. The van der Waals surface area contributed by atoms with Crippen molar-refractivity contribution in [1.82, 2.24) is 0 Å². The van der Waals surface area contributed by atoms with Crippen LogP contribution in [-0.4, -0.2) is 6.61 Å². The molecule has 0 radical (unpaired) electrons. The lowest BCUT2D eigenvalue weighted by molar-refractivity contribution is -0.386. The van der Waals surface area contributed by atoms with Gasteiger partial charge in [-0.05, 0) is 18.6 Å². The average molecular weight is 166 g/mol. The van der Waals surface area contributed by atoms with Gasteiger partial charge in [-0.3, -0.25) is 0 Å². The Balaban J connectivity index is 2.60. The minimum absolute atomic E-state index is 0.792. The molecule has 66 valence electrons. The van der Waals surface area contributed by atoms with E-state index in [9.17, 15) is 0 Å². The largest absolute Gasteiger partial charge is 0.494 e. The maximum absolute atomic E-state index is 5.47. The Morgan fingerprint density at radius 3 is 2.92 bits per heavy atom. The summed E-state index contributed by atoms with van der Waals surface area (Å²) in [5.74, 6) is 0.956. The van der Waals surface area contributed by atoms with Gasteiger partial charge in [-0.2, -0.15) is 0 Å². The SMILES string of the molecule is CCCOc1cccc(C[NH3+])c1. The van der Waals surface area contributed by atoms with Crippen molar-refractivity contribution in [2.45, 2.75) is 19.9 Å². The monoisotopic (exact) mass is 166 g/mol. The second-order valence-electron chi connectivity index (χ2n) is 2.75. The zero-order chi connectivity index (χ0) is 8.81. The number of ether oxygens (including phenoxy) is 1. The van der Waals surface area contributed by atoms with Crippen LogP contribution in [0.5, 0.6) is 5.75 Å². The minimum Gasteiger partial charge on any atom is -0.494 e. The van der Waals surface area contributed by atoms with Crippen molar-refractivity contribution in [3.63, 3.8) is 0 Å². The molecule has 2 heteroatoms. The summed E-state index contributed by atoms with van der Waals surface area (Å²) in [7, 11) is 0. The number of benzene rings is 1. The van der Waals surface area contributed by atoms with Crippen LogP contribution >= 0.6 is 0 Å². The van der Waals surface area contributed by atoms with Gasteiger partial charge in [-0.25, -0.2) is 0 Å². The van der Waals surface area contributed by atoms with Gasteiger partial charge in [0.25, 0.3) is 0 Å². The van der Waals surface area contributed by atoms with Crippen LogP contribution in [0.1, 0.15) is 18.9 Å². The average Bonchev–Trinajstić information content (AvgIpc) is 2.15. The second kappa shape index (κ2) is 4.78. The van der Waals surface area contributed by atoms with Gasteiger partial charge < -0.3 is 10.5 Å². The molecule has 0 bridgehead atoms. The second-order valence-corrected chi connectivity index (χ2v) is 2.75. The molecule has 0 saturated heterocycles. The molecule has 1 aromatic rings. The quantitative estimate of drug-likeness (QED) is 0.717. The summed E-state index contributed by atoms with van der Waals surface area (Å²) >= 11 is 0. The van der Waals surface area contributed by atoms with Crippen molar-refractivity contribution in [2.24, 2.45) is 0 Å². The van der Waals surface area contributed by atoms with Gasteiger partial charge in [-0.1, -0.05) is 19.1 Å². The zero-order valence-corrected chi connectivity index (χ0v) is 7.55. The number of hydrogen-bond donors (Lipinski definition) is 1. The number of quaternary nitrogens is 1. The van der Waals surface area contributed by atoms with Crippen LogP contribution in [0.2, 0.25) is 0 Å². The third kappa shape index (κ3) is 2.55. The normalized spacial score (nSPS) is 9.83. The number of hydrogen-bond acceptors (Lipinski definition) is 1. The molecule has 0 aliphatic carbocycles. The van der Waals surface area contributed by atoms with E-state index in [0.717, 1.165) is 25.3 Å². The smallest absolute Gasteiger partial charge is 0.119 e. The van der Waals surface area contributed by atoms with Gasteiger partial charge in [0.05, 0.1) is 13.2 Å². The first-order chi connectivity index (χ1) is 5.86. The van der Waals surface area contributed by atoms with Crippen molar-refractivity contribution in [3.8, 4) is 5.75 Å². The Morgan fingerprint density at radius 2 is 2.25 bits per heavy atom. The molecule has 12 heavy (non-hydrogen) atoms. The van der Waals surface area contributed by atoms with E-state index < -0.39 is 0 Å². The predicted molar refractivity (Wildman–Crippen MR) is 48.8 cm³/mol. The van der Waals surface area contributed by atoms with E-state index >= 15 is 0 Å². The van der Waals surface area contributed by atoms with Crippen LogP contribution in [0.25, 0.3) is 0 Å². The Hall–Kier alpha value is -1.02. The Bertz CT molecular complexity index is 235. The van der Waals surface area contributed by atoms with E-state index in [4.69, 9.17) is 4.74 Å². The molecule has 0 atom stereocenters. The fourth-order valence-corrected chi connectivity index (χ4v) is 1.01. The molecule has 0 amide bonds. The van der Waals surface area contributed by atoms with Crippen LogP contribution in [0, 0.1) is 0 Å². The van der Waals surface area contributed by atoms with E-state index in [1.807, 2.05) is 18.2 Å². The molecule has 0 unspecified atom stereocenters. The summed E-state index contributed by atoms with van der Waals surface area (Å²) in [4.78, 5) is 0. The lowest BCUT2D eigenvalue weighted by Crippen LogP contribution is -2.47. The molecule has 0 heterocycles. The van der Waals surface area contributed by atoms with Crippen molar-refractivity contribution >= 4 is 0 Å². The Kier molecular flexibility index (Phi) is 3.61. The highest BCUT2D eigenvalue weighted by molar-refractivity contribution is 5.27. The van der Waals surface area contributed by atoms with Crippen LogP contribution in [0.3, 0.4) is 0 Å². The van der Waals surface area contributed by atoms with Gasteiger partial charge in [0.2, 0.25) is 0 Å². The van der Waals surface area contributed by atoms with Crippen molar-refractivity contribution < 1.29 is 10.5 Å². The molecule has 2 nitrogen and oxygen atoms in total. The molecular weight excluding hydrogens is 150 g/mol. The van der Waals surface area contributed by atoms with Gasteiger partial charge in [0, 0.05) is 5.56 Å². The van der Waals surface area contributed by atoms with Crippen molar-refractivity contribution in [2.75, 3.05) is 6.61 Å². The van der Waals surface area contributed by atoms with E-state index in [1.54, 1.807) is 0 Å². The highest BCUT2D eigenvalue weighted by atomic mass is 16.5. The van der Waals surface area contributed by atoms with Gasteiger partial charge in [0.15, 0.2) is 0 Å². The summed E-state index contributed by atoms with van der Waals surface area (Å²) in [6.07, 6.45) is 1.05. The summed E-state index contributed by atoms with van der Waals surface area (Å²) < 4.78 is 5.47. The van der Waals surface area contributed by atoms with E-state index in [-0.39, 0.29) is 0 Å². The van der Waals surface area contributed by atoms with E-state index in [1.165, 1.54) is 5.56 Å². The van der Waals surface area contributed by atoms with Gasteiger partial charge in [-0.15, -0.1) is 0 Å². The summed E-state index contributed by atoms with van der Waals surface area (Å²) in [6, 6.07) is 8.09. The highest BCUT2D eigenvalue weighted by Crippen LogP contribution is 2.12. The van der Waals surface area contributed by atoms with Crippen molar-refractivity contribution in [3.05, 3.63) is 29.8 Å². The standard InChI is InChI=1S/C10H15NO/c1-2-6-12-10-5-3-4-9(7-10)8-11/h3-5,7H,2,6,8,11H2,1H3/p+1. The first-order valence-corrected chi connectivity index (χ1v) is 4.37. The molecule has 1 rings (SSSR count). The van der Waals surface area contributed by atoms with Gasteiger partial charge >= 0.3 is 0 Å². The molecule has 0 spiro atoms. The Morgan fingerprint density at radius 1 is 1.42 bits per heavy atom. The first kappa shape index (κ1) is 9.07. The Labute approximate surface area is 73.3 Å². The molecule has 0 aromatic heterocycles. The third-order valence-corrected chi connectivity index (χ3v) is 1.66. The highest BCUT2D eigenvalue weighted by Gasteiger charge is 1.94. The van der Waals surface area contributed by atoms with E-state index in [0.29, 0.717) is 0 Å². The van der Waals surface area contributed by atoms with Crippen molar-refractivity contribution in [1.29, 1.82) is 0 Å². The summed E-state index contributed by atoms with van der Waals surface area (Å²) in [6.45, 7) is 3.72. The van der Waals surface area contributed by atoms with Crippen LogP contribution in [-0.2, 0) is 6.54 Å². The van der Waals surface area contributed by atoms with E-state index in [2.05, 4.69) is 18.7 Å². The lowest BCUT2D eigenvalue weighted by atomic mass is 10.2. The van der Waals surface area contributed by atoms with Crippen LogP contribution in [0.15, 0.2) is 24.3 Å². The summed E-state index contributed by atoms with van der Waals surface area (Å²) in [5.41, 5.74) is 5.05. The maximum atomic E-state index is 5.47. The number of rotatable bonds is 4. The summed E-state index contributed by atoms with van der Waals surface area (Å²) in [5, 5.41) is 0.